The molecule has 1 aromatic heterocycles. The van der Waals surface area contributed by atoms with E-state index in [0.717, 1.165) is 18.7 Å². The van der Waals surface area contributed by atoms with E-state index in [-0.39, 0.29) is 6.04 Å². The van der Waals surface area contributed by atoms with Crippen molar-refractivity contribution >= 4 is 15.7 Å². The SMILES string of the molecule is CC(Cn1ccnc1)NS(=O)(=O)c1ccc2c(c1)NCC2. The van der Waals surface area contributed by atoms with E-state index in [2.05, 4.69) is 15.0 Å². The molecule has 3 rings (SSSR count). The highest BCUT2D eigenvalue weighted by atomic mass is 32.2. The van der Waals surface area contributed by atoms with Gasteiger partial charge < -0.3 is 9.88 Å². The van der Waals surface area contributed by atoms with Crippen molar-refractivity contribution in [2.45, 2.75) is 30.8 Å². The number of hydrogen-bond acceptors (Lipinski definition) is 4. The summed E-state index contributed by atoms with van der Waals surface area (Å²) in [5, 5.41) is 3.20. The van der Waals surface area contributed by atoms with Gasteiger partial charge in [-0.15, -0.1) is 0 Å². The van der Waals surface area contributed by atoms with Crippen LogP contribution in [-0.4, -0.2) is 30.6 Å². The Kier molecular flexibility index (Phi) is 3.69. The summed E-state index contributed by atoms with van der Waals surface area (Å²) in [5.74, 6) is 0. The van der Waals surface area contributed by atoms with Gasteiger partial charge in [-0.25, -0.2) is 18.1 Å². The van der Waals surface area contributed by atoms with Crippen molar-refractivity contribution < 1.29 is 8.42 Å². The van der Waals surface area contributed by atoms with Gasteiger partial charge in [0.2, 0.25) is 10.0 Å². The van der Waals surface area contributed by atoms with Gasteiger partial charge in [-0.2, -0.15) is 0 Å². The van der Waals surface area contributed by atoms with Crippen LogP contribution in [0.2, 0.25) is 0 Å². The zero-order valence-electron chi connectivity index (χ0n) is 11.8. The molecule has 0 saturated carbocycles. The number of benzene rings is 1. The Labute approximate surface area is 124 Å². The van der Waals surface area contributed by atoms with E-state index in [4.69, 9.17) is 0 Å². The number of sulfonamides is 1. The molecule has 1 aliphatic heterocycles. The molecule has 2 aromatic rings. The van der Waals surface area contributed by atoms with E-state index in [1.54, 1.807) is 24.7 Å². The maximum atomic E-state index is 12.4. The summed E-state index contributed by atoms with van der Waals surface area (Å²) in [7, 11) is -3.51. The number of anilines is 1. The second-order valence-corrected chi connectivity index (χ2v) is 6.99. The van der Waals surface area contributed by atoms with Crippen molar-refractivity contribution in [2.75, 3.05) is 11.9 Å². The van der Waals surface area contributed by atoms with E-state index in [1.807, 2.05) is 23.8 Å². The van der Waals surface area contributed by atoms with Crippen LogP contribution in [0.4, 0.5) is 5.69 Å². The third kappa shape index (κ3) is 3.08. The van der Waals surface area contributed by atoms with Crippen molar-refractivity contribution in [3.63, 3.8) is 0 Å². The van der Waals surface area contributed by atoms with Gasteiger partial charge in [0.15, 0.2) is 0 Å². The zero-order chi connectivity index (χ0) is 14.9. The largest absolute Gasteiger partial charge is 0.384 e. The van der Waals surface area contributed by atoms with E-state index < -0.39 is 10.0 Å². The fourth-order valence-corrected chi connectivity index (χ4v) is 3.78. The van der Waals surface area contributed by atoms with E-state index in [0.29, 0.717) is 11.4 Å². The quantitative estimate of drug-likeness (QED) is 0.871. The molecule has 1 atom stereocenters. The van der Waals surface area contributed by atoms with Gasteiger partial charge in [0.25, 0.3) is 0 Å². The zero-order valence-corrected chi connectivity index (χ0v) is 12.6. The molecule has 1 unspecified atom stereocenters. The highest BCUT2D eigenvalue weighted by molar-refractivity contribution is 7.89. The van der Waals surface area contributed by atoms with Gasteiger partial charge in [0, 0.05) is 37.2 Å². The lowest BCUT2D eigenvalue weighted by Crippen LogP contribution is -2.35. The topological polar surface area (TPSA) is 76.0 Å². The molecular formula is C14H18N4O2S. The van der Waals surface area contributed by atoms with Crippen LogP contribution >= 0.6 is 0 Å². The molecule has 112 valence electrons. The molecule has 0 saturated heterocycles. The molecule has 1 aliphatic rings. The van der Waals surface area contributed by atoms with Crippen LogP contribution < -0.4 is 10.0 Å². The molecular weight excluding hydrogens is 288 g/mol. The minimum atomic E-state index is -3.51. The molecule has 1 aromatic carbocycles. The maximum Gasteiger partial charge on any atom is 0.240 e. The summed E-state index contributed by atoms with van der Waals surface area (Å²) in [6, 6.07) is 5.03. The van der Waals surface area contributed by atoms with Crippen LogP contribution in [0.1, 0.15) is 12.5 Å². The number of rotatable bonds is 5. The maximum absolute atomic E-state index is 12.4. The fourth-order valence-electron chi connectivity index (χ4n) is 2.52. The lowest BCUT2D eigenvalue weighted by Gasteiger charge is -2.15. The Morgan fingerprint density at radius 3 is 3.10 bits per heavy atom. The van der Waals surface area contributed by atoms with Crippen LogP contribution in [-0.2, 0) is 23.0 Å². The Balaban J connectivity index is 1.74. The van der Waals surface area contributed by atoms with Gasteiger partial charge in [-0.05, 0) is 31.0 Å². The minimum Gasteiger partial charge on any atom is -0.384 e. The number of aromatic nitrogens is 2. The van der Waals surface area contributed by atoms with Crippen LogP contribution in [0.25, 0.3) is 0 Å². The number of nitrogens with one attached hydrogen (secondary N) is 2. The van der Waals surface area contributed by atoms with Crippen molar-refractivity contribution in [1.29, 1.82) is 0 Å². The second-order valence-electron chi connectivity index (χ2n) is 5.28. The van der Waals surface area contributed by atoms with Crippen LogP contribution in [0.5, 0.6) is 0 Å². The van der Waals surface area contributed by atoms with Crippen LogP contribution in [0.3, 0.4) is 0 Å². The van der Waals surface area contributed by atoms with E-state index in [1.165, 1.54) is 5.56 Å². The van der Waals surface area contributed by atoms with Gasteiger partial charge in [0.05, 0.1) is 11.2 Å². The number of hydrogen-bond donors (Lipinski definition) is 2. The standard InChI is InChI=1S/C14H18N4O2S/c1-11(9-18-7-6-15-10-18)17-21(19,20)13-3-2-12-4-5-16-14(12)8-13/h2-3,6-8,10-11,16-17H,4-5,9H2,1H3. The van der Waals surface area contributed by atoms with Gasteiger partial charge in [0.1, 0.15) is 0 Å². The van der Waals surface area contributed by atoms with Crippen molar-refractivity contribution in [3.8, 4) is 0 Å². The molecule has 2 N–H and O–H groups in total. The number of fused-ring (bicyclic) bond motifs is 1. The average molecular weight is 306 g/mol. The Morgan fingerprint density at radius 2 is 2.33 bits per heavy atom. The summed E-state index contributed by atoms with van der Waals surface area (Å²) >= 11 is 0. The predicted molar refractivity (Wildman–Crippen MR) is 80.6 cm³/mol. The molecule has 21 heavy (non-hydrogen) atoms. The summed E-state index contributed by atoms with van der Waals surface area (Å²) in [6.45, 7) is 3.24. The molecule has 0 bridgehead atoms. The molecule has 7 heteroatoms. The molecule has 0 amide bonds. The number of nitrogens with zero attached hydrogens (tertiary/aromatic N) is 2. The molecule has 6 nitrogen and oxygen atoms in total. The Hall–Kier alpha value is -1.86. The van der Waals surface area contributed by atoms with Crippen molar-refractivity contribution in [3.05, 3.63) is 42.5 Å². The van der Waals surface area contributed by atoms with E-state index in [9.17, 15) is 8.42 Å². The van der Waals surface area contributed by atoms with E-state index >= 15 is 0 Å². The molecule has 0 fully saturated rings. The van der Waals surface area contributed by atoms with Crippen LogP contribution in [0, 0.1) is 0 Å². The Bertz CT molecular complexity index is 725. The molecule has 0 aliphatic carbocycles. The number of imidazole rings is 1. The Morgan fingerprint density at radius 1 is 1.48 bits per heavy atom. The first kappa shape index (κ1) is 14.1. The fraction of sp³-hybridized carbons (Fsp3) is 0.357. The highest BCUT2D eigenvalue weighted by Gasteiger charge is 2.20. The summed E-state index contributed by atoms with van der Waals surface area (Å²) in [4.78, 5) is 4.25. The van der Waals surface area contributed by atoms with Crippen molar-refractivity contribution in [1.82, 2.24) is 14.3 Å². The molecule has 0 radical (unpaired) electrons. The molecule has 2 heterocycles. The smallest absolute Gasteiger partial charge is 0.240 e. The second kappa shape index (κ2) is 5.50. The first-order valence-electron chi connectivity index (χ1n) is 6.89. The summed E-state index contributed by atoms with van der Waals surface area (Å²) < 4.78 is 29.4. The first-order chi connectivity index (χ1) is 10.0. The third-order valence-electron chi connectivity index (χ3n) is 3.50. The summed E-state index contributed by atoms with van der Waals surface area (Å²) in [6.07, 6.45) is 6.10. The highest BCUT2D eigenvalue weighted by Crippen LogP contribution is 2.25. The normalized spacial score (nSPS) is 15.5. The minimum absolute atomic E-state index is 0.217. The van der Waals surface area contributed by atoms with Gasteiger partial charge >= 0.3 is 0 Å². The monoisotopic (exact) mass is 306 g/mol. The van der Waals surface area contributed by atoms with Gasteiger partial charge in [-0.3, -0.25) is 0 Å². The van der Waals surface area contributed by atoms with Crippen molar-refractivity contribution in [2.24, 2.45) is 0 Å². The molecule has 0 spiro atoms. The van der Waals surface area contributed by atoms with Gasteiger partial charge in [-0.1, -0.05) is 6.07 Å². The first-order valence-corrected chi connectivity index (χ1v) is 8.38. The lowest BCUT2D eigenvalue weighted by atomic mass is 10.2. The predicted octanol–water partition coefficient (Wildman–Crippen LogP) is 1.22. The van der Waals surface area contributed by atoms with Crippen LogP contribution in [0.15, 0.2) is 41.8 Å². The average Bonchev–Trinajstić information content (AvgIpc) is 3.07. The third-order valence-corrected chi connectivity index (χ3v) is 5.09. The summed E-state index contributed by atoms with van der Waals surface area (Å²) in [5.41, 5.74) is 2.08. The lowest BCUT2D eigenvalue weighted by molar-refractivity contribution is 0.520.